The Morgan fingerprint density at radius 2 is 0.800 bits per heavy atom. The molecular formula is C36H30O4. The van der Waals surface area contributed by atoms with Crippen molar-refractivity contribution >= 4 is 21.5 Å². The van der Waals surface area contributed by atoms with Gasteiger partial charge in [-0.1, -0.05) is 121 Å². The van der Waals surface area contributed by atoms with Gasteiger partial charge in [-0.2, -0.15) is 0 Å². The van der Waals surface area contributed by atoms with Crippen LogP contribution >= 0.6 is 0 Å². The molecule has 0 radical (unpaired) electrons. The highest BCUT2D eigenvalue weighted by molar-refractivity contribution is 6.09. The number of benzene rings is 6. The highest BCUT2D eigenvalue weighted by atomic mass is 16.5. The average molecular weight is 527 g/mol. The number of hydrogen-bond donors (Lipinski definition) is 2. The first-order valence-corrected chi connectivity index (χ1v) is 13.4. The summed E-state index contributed by atoms with van der Waals surface area (Å²) in [7, 11) is 0. The lowest BCUT2D eigenvalue weighted by atomic mass is 9.92. The minimum atomic E-state index is -0.773. The highest BCUT2D eigenvalue weighted by Crippen LogP contribution is 2.45. The summed E-state index contributed by atoms with van der Waals surface area (Å²) in [5.41, 5.74) is 3.38. The summed E-state index contributed by atoms with van der Waals surface area (Å²) in [6, 6.07) is 43.4. The molecule has 0 spiro atoms. The predicted octanol–water partition coefficient (Wildman–Crippen LogP) is 7.88. The molecule has 0 aliphatic carbocycles. The van der Waals surface area contributed by atoms with E-state index in [4.69, 9.17) is 9.47 Å². The van der Waals surface area contributed by atoms with E-state index in [2.05, 4.69) is 24.3 Å². The fraction of sp³-hybridized carbons (Fsp3) is 0.111. The second kappa shape index (κ2) is 11.6. The molecule has 0 bridgehead atoms. The second-order valence-corrected chi connectivity index (χ2v) is 9.79. The molecule has 0 aliphatic heterocycles. The number of ether oxygens (including phenoxy) is 2. The number of aliphatic hydroxyl groups excluding tert-OH is 2. The van der Waals surface area contributed by atoms with Gasteiger partial charge in [0, 0.05) is 11.1 Å². The fourth-order valence-corrected chi connectivity index (χ4v) is 5.14. The normalized spacial score (nSPS) is 12.8. The molecule has 6 rings (SSSR count). The van der Waals surface area contributed by atoms with Crippen LogP contribution in [0.5, 0.6) is 11.5 Å². The first-order chi connectivity index (χ1) is 19.7. The Morgan fingerprint density at radius 1 is 0.425 bits per heavy atom. The quantitative estimate of drug-likeness (QED) is 0.201. The van der Waals surface area contributed by atoms with E-state index in [-0.39, 0.29) is 13.2 Å². The zero-order valence-corrected chi connectivity index (χ0v) is 22.0. The molecule has 6 aromatic rings. The largest absolute Gasteiger partial charge is 0.490 e. The Bertz CT molecular complexity index is 1600. The minimum absolute atomic E-state index is 0.100. The van der Waals surface area contributed by atoms with E-state index in [1.807, 2.05) is 109 Å². The molecule has 4 heteroatoms. The predicted molar refractivity (Wildman–Crippen MR) is 161 cm³/mol. The molecule has 6 aromatic carbocycles. The van der Waals surface area contributed by atoms with Crippen molar-refractivity contribution in [2.45, 2.75) is 12.2 Å². The van der Waals surface area contributed by atoms with E-state index < -0.39 is 12.2 Å². The van der Waals surface area contributed by atoms with Crippen molar-refractivity contribution in [1.82, 2.24) is 0 Å². The number of rotatable bonds is 9. The maximum Gasteiger partial charge on any atom is 0.128 e. The fourth-order valence-electron chi connectivity index (χ4n) is 5.14. The molecule has 0 aromatic heterocycles. The molecule has 0 unspecified atom stereocenters. The first-order valence-electron chi connectivity index (χ1n) is 13.4. The van der Waals surface area contributed by atoms with Crippen molar-refractivity contribution in [2.24, 2.45) is 0 Å². The molecule has 2 atom stereocenters. The molecule has 0 amide bonds. The lowest BCUT2D eigenvalue weighted by molar-refractivity contribution is 0.107. The molecule has 0 saturated carbocycles. The van der Waals surface area contributed by atoms with E-state index >= 15 is 0 Å². The highest BCUT2D eigenvalue weighted by Gasteiger charge is 2.21. The smallest absolute Gasteiger partial charge is 0.128 e. The topological polar surface area (TPSA) is 58.9 Å². The molecule has 4 nitrogen and oxygen atoms in total. The zero-order valence-electron chi connectivity index (χ0n) is 22.0. The van der Waals surface area contributed by atoms with E-state index in [1.54, 1.807) is 0 Å². The summed E-state index contributed by atoms with van der Waals surface area (Å²) in [4.78, 5) is 0. The van der Waals surface area contributed by atoms with Crippen LogP contribution in [0.3, 0.4) is 0 Å². The van der Waals surface area contributed by atoms with Crippen molar-refractivity contribution in [3.63, 3.8) is 0 Å². The van der Waals surface area contributed by atoms with Crippen LogP contribution in [0.25, 0.3) is 32.7 Å². The van der Waals surface area contributed by atoms with Gasteiger partial charge in [-0.3, -0.25) is 0 Å². The van der Waals surface area contributed by atoms with Gasteiger partial charge in [0.05, 0.1) is 0 Å². The van der Waals surface area contributed by atoms with Crippen LogP contribution in [0.15, 0.2) is 133 Å². The number of aliphatic hydroxyl groups is 2. The summed E-state index contributed by atoms with van der Waals surface area (Å²) in [5.74, 6) is 1.30. The Labute approximate surface area is 233 Å². The van der Waals surface area contributed by atoms with Gasteiger partial charge in [0.1, 0.15) is 36.9 Å². The number of fused-ring (bicyclic) bond motifs is 2. The molecule has 0 heterocycles. The van der Waals surface area contributed by atoms with Gasteiger partial charge in [-0.15, -0.1) is 0 Å². The molecule has 0 saturated heterocycles. The third-order valence-corrected chi connectivity index (χ3v) is 7.19. The van der Waals surface area contributed by atoms with Crippen LogP contribution in [0.4, 0.5) is 0 Å². The summed E-state index contributed by atoms with van der Waals surface area (Å²) in [6.07, 6.45) is -1.55. The van der Waals surface area contributed by atoms with Crippen molar-refractivity contribution in [1.29, 1.82) is 0 Å². The summed E-state index contributed by atoms with van der Waals surface area (Å²) < 4.78 is 12.7. The summed E-state index contributed by atoms with van der Waals surface area (Å²) in [6.45, 7) is 0.200. The van der Waals surface area contributed by atoms with Crippen LogP contribution in [-0.2, 0) is 0 Å². The van der Waals surface area contributed by atoms with Crippen molar-refractivity contribution in [2.75, 3.05) is 13.2 Å². The third kappa shape index (κ3) is 5.28. The Morgan fingerprint density at radius 3 is 1.23 bits per heavy atom. The monoisotopic (exact) mass is 526 g/mol. The van der Waals surface area contributed by atoms with Gasteiger partial charge in [-0.05, 0) is 44.8 Å². The molecular weight excluding hydrogens is 496 g/mol. The zero-order chi connectivity index (χ0) is 27.3. The summed E-state index contributed by atoms with van der Waals surface area (Å²) >= 11 is 0. The Kier molecular flexibility index (Phi) is 7.45. The molecule has 0 aliphatic rings. The Balaban J connectivity index is 1.45. The van der Waals surface area contributed by atoms with E-state index in [0.29, 0.717) is 11.5 Å². The van der Waals surface area contributed by atoms with E-state index in [9.17, 15) is 10.2 Å². The lowest BCUT2D eigenvalue weighted by Crippen LogP contribution is -2.11. The van der Waals surface area contributed by atoms with Crippen LogP contribution in [0, 0.1) is 0 Å². The average Bonchev–Trinajstić information content (AvgIpc) is 3.03. The van der Waals surface area contributed by atoms with Crippen molar-refractivity contribution in [3.8, 4) is 22.6 Å². The maximum atomic E-state index is 10.9. The lowest BCUT2D eigenvalue weighted by Gasteiger charge is -2.21. The standard InChI is InChI=1S/C36H30O4/c37-31(27-13-3-1-4-14-27)23-39-33-21-19-25-11-7-9-17-29(25)35(33)36-30-18-10-8-12-26(30)20-22-34(36)40-24-32(38)28-15-5-2-6-16-28/h1-22,31-32,37-38H,23-24H2/t31-,32-/m1/s1. The Hall–Kier alpha value is -4.64. The second-order valence-electron chi connectivity index (χ2n) is 9.79. The van der Waals surface area contributed by atoms with Crippen LogP contribution in [0.2, 0.25) is 0 Å². The van der Waals surface area contributed by atoms with Gasteiger partial charge >= 0.3 is 0 Å². The van der Waals surface area contributed by atoms with Gasteiger partial charge < -0.3 is 19.7 Å². The van der Waals surface area contributed by atoms with Crippen molar-refractivity contribution in [3.05, 3.63) is 145 Å². The van der Waals surface area contributed by atoms with Crippen LogP contribution < -0.4 is 9.47 Å². The van der Waals surface area contributed by atoms with E-state index in [1.165, 1.54) is 0 Å². The third-order valence-electron chi connectivity index (χ3n) is 7.19. The van der Waals surface area contributed by atoms with Gasteiger partial charge in [0.2, 0.25) is 0 Å². The van der Waals surface area contributed by atoms with Crippen LogP contribution in [0.1, 0.15) is 23.3 Å². The molecule has 2 N–H and O–H groups in total. The number of hydrogen-bond acceptors (Lipinski definition) is 4. The maximum absolute atomic E-state index is 10.9. The molecule has 198 valence electrons. The summed E-state index contributed by atoms with van der Waals surface area (Å²) in [5, 5.41) is 25.9. The van der Waals surface area contributed by atoms with Gasteiger partial charge in [0.25, 0.3) is 0 Å². The minimum Gasteiger partial charge on any atom is -0.490 e. The SMILES string of the molecule is O[C@H](COc1ccc2ccccc2c1-c1c(OC[C@@H](O)c2ccccc2)ccc2ccccc12)c1ccccc1. The van der Waals surface area contributed by atoms with E-state index in [0.717, 1.165) is 43.8 Å². The van der Waals surface area contributed by atoms with Gasteiger partial charge in [0.15, 0.2) is 0 Å². The first kappa shape index (κ1) is 25.6. The van der Waals surface area contributed by atoms with Crippen molar-refractivity contribution < 1.29 is 19.7 Å². The van der Waals surface area contributed by atoms with Gasteiger partial charge in [-0.25, -0.2) is 0 Å². The molecule has 40 heavy (non-hydrogen) atoms. The van der Waals surface area contributed by atoms with Crippen LogP contribution in [-0.4, -0.2) is 23.4 Å². The molecule has 0 fully saturated rings.